The maximum atomic E-state index is 13.4. The molecule has 35 heavy (non-hydrogen) atoms. The zero-order valence-electron chi connectivity index (χ0n) is 18.4. The number of ether oxygens (including phenoxy) is 1. The normalized spacial score (nSPS) is 16.5. The molecule has 1 fully saturated rings. The zero-order chi connectivity index (χ0) is 25.0. The first-order chi connectivity index (χ1) is 16.8. The van der Waals surface area contributed by atoms with Gasteiger partial charge >= 0.3 is 6.18 Å². The molecule has 2 atom stereocenters. The molecule has 0 radical (unpaired) electrons. The minimum atomic E-state index is -4.41. The van der Waals surface area contributed by atoms with Crippen LogP contribution in [0.1, 0.15) is 17.2 Å². The average molecular weight is 633 g/mol. The fourth-order valence-electron chi connectivity index (χ4n) is 3.96. The number of benzene rings is 3. The summed E-state index contributed by atoms with van der Waals surface area (Å²) in [6.45, 7) is 6.19. The van der Waals surface area contributed by atoms with Crippen LogP contribution in [-0.4, -0.2) is 24.6 Å². The fraction of sp³-hybridized carbons (Fsp3) is 0.200. The molecule has 1 heterocycles. The molecule has 0 saturated carbocycles. The van der Waals surface area contributed by atoms with Crippen molar-refractivity contribution in [3.05, 3.63) is 101 Å². The first kappa shape index (κ1) is 26.1. The second kappa shape index (κ2) is 11.4. The summed E-state index contributed by atoms with van der Waals surface area (Å²) in [4.78, 5) is 4.01. The summed E-state index contributed by atoms with van der Waals surface area (Å²) < 4.78 is 51.6. The fourth-order valence-corrected chi connectivity index (χ4v) is 4.92. The molecule has 0 spiro atoms. The lowest BCUT2D eigenvalue weighted by molar-refractivity contribution is -0.137. The molecule has 10 heteroatoms. The van der Waals surface area contributed by atoms with Crippen LogP contribution in [-0.2, 0) is 10.7 Å². The molecule has 4 rings (SSSR count). The van der Waals surface area contributed by atoms with E-state index in [0.29, 0.717) is 54.1 Å². The van der Waals surface area contributed by atoms with Gasteiger partial charge in [0.15, 0.2) is 0 Å². The molecule has 184 valence electrons. The topological polar surface area (TPSA) is 24.9 Å². The first-order valence-corrected chi connectivity index (χ1v) is 15.1. The molecular weight excluding hydrogens is 611 g/mol. The average Bonchev–Trinajstić information content (AvgIpc) is 3.17. The monoisotopic (exact) mass is 632 g/mol. The van der Waals surface area contributed by atoms with Crippen molar-refractivity contribution in [2.24, 2.45) is 0 Å². The molecular formula is C25H22ClF3IN2O2P. The SMILES string of the molecule is C=C1N(CCOPI)CC(c2cccc(C(F)(F)F)c2)N1c1ccc(Oc2ccc(Cl)cc2)cc1. The van der Waals surface area contributed by atoms with Crippen molar-refractivity contribution in [1.82, 2.24) is 4.90 Å². The quantitative estimate of drug-likeness (QED) is 0.141. The number of hydrogen-bond acceptors (Lipinski definition) is 4. The summed E-state index contributed by atoms with van der Waals surface area (Å²) in [5.41, 5.74) is 0.710. The maximum absolute atomic E-state index is 13.4. The van der Waals surface area contributed by atoms with Crippen molar-refractivity contribution in [2.75, 3.05) is 24.6 Å². The van der Waals surface area contributed by atoms with E-state index in [2.05, 4.69) is 28.6 Å². The van der Waals surface area contributed by atoms with E-state index in [1.54, 1.807) is 30.3 Å². The van der Waals surface area contributed by atoms with Crippen LogP contribution in [0.4, 0.5) is 18.9 Å². The van der Waals surface area contributed by atoms with Gasteiger partial charge in [-0.1, -0.05) is 30.3 Å². The summed E-state index contributed by atoms with van der Waals surface area (Å²) in [5.74, 6) is 1.99. The summed E-state index contributed by atoms with van der Waals surface area (Å²) in [6.07, 6.45) is -4.41. The number of nitrogens with zero attached hydrogens (tertiary/aromatic N) is 2. The number of hydrogen-bond donors (Lipinski definition) is 0. The van der Waals surface area contributed by atoms with Crippen LogP contribution in [0.15, 0.2) is 85.2 Å². The Bertz CT molecular complexity index is 1160. The van der Waals surface area contributed by atoms with Gasteiger partial charge in [-0.05, 0) is 88.3 Å². The standard InChI is InChI=1S/C25H22ClF3IN2O2P/c1-17-31(13-14-33-35-30)16-24(18-3-2-4-19(15-18)25(27,28)29)32(17)21-7-11-23(12-8-21)34-22-9-5-20(26)6-10-22/h2-12,15,24,35H,1,13-14,16H2. The van der Waals surface area contributed by atoms with Crippen molar-refractivity contribution in [1.29, 1.82) is 0 Å². The molecule has 3 aromatic carbocycles. The predicted octanol–water partition coefficient (Wildman–Crippen LogP) is 8.45. The molecule has 4 nitrogen and oxygen atoms in total. The van der Waals surface area contributed by atoms with E-state index in [-0.39, 0.29) is 6.04 Å². The Hall–Kier alpha value is -2.00. The molecule has 2 unspecified atom stereocenters. The van der Waals surface area contributed by atoms with E-state index in [9.17, 15) is 13.2 Å². The lowest BCUT2D eigenvalue weighted by atomic mass is 10.0. The summed E-state index contributed by atoms with van der Waals surface area (Å²) in [5, 5.41) is 0.620. The smallest absolute Gasteiger partial charge is 0.416 e. The van der Waals surface area contributed by atoms with Crippen LogP contribution in [0.2, 0.25) is 5.02 Å². The minimum Gasteiger partial charge on any atom is -0.457 e. The molecule has 0 N–H and O–H groups in total. The minimum absolute atomic E-state index is 0.337. The highest BCUT2D eigenvalue weighted by atomic mass is 127. The van der Waals surface area contributed by atoms with Gasteiger partial charge in [0.1, 0.15) is 17.3 Å². The van der Waals surface area contributed by atoms with Gasteiger partial charge in [-0.25, -0.2) is 0 Å². The third kappa shape index (κ3) is 6.42. The van der Waals surface area contributed by atoms with E-state index < -0.39 is 11.7 Å². The number of alkyl halides is 3. The molecule has 0 amide bonds. The van der Waals surface area contributed by atoms with Gasteiger partial charge in [-0.15, -0.1) is 0 Å². The van der Waals surface area contributed by atoms with Gasteiger partial charge in [0, 0.05) is 23.8 Å². The van der Waals surface area contributed by atoms with Crippen LogP contribution in [0.5, 0.6) is 11.5 Å². The van der Waals surface area contributed by atoms with E-state index in [1.165, 1.54) is 12.1 Å². The first-order valence-electron chi connectivity index (χ1n) is 10.7. The predicted molar refractivity (Wildman–Crippen MR) is 144 cm³/mol. The van der Waals surface area contributed by atoms with Gasteiger partial charge in [0.25, 0.3) is 0 Å². The lowest BCUT2D eigenvalue weighted by Gasteiger charge is -2.28. The maximum Gasteiger partial charge on any atom is 0.416 e. The second-order valence-corrected chi connectivity index (χ2v) is 10.0. The molecule has 1 aliphatic rings. The summed E-state index contributed by atoms with van der Waals surface area (Å²) in [6, 6.07) is 19.6. The summed E-state index contributed by atoms with van der Waals surface area (Å²) in [7, 11) is 0. The third-order valence-corrected chi connectivity index (χ3v) is 7.13. The Morgan fingerprint density at radius 1 is 1.03 bits per heavy atom. The van der Waals surface area contributed by atoms with Gasteiger partial charge in [0.05, 0.1) is 24.7 Å². The highest BCUT2D eigenvalue weighted by Gasteiger charge is 2.37. The van der Waals surface area contributed by atoms with Gasteiger partial charge < -0.3 is 19.1 Å². The van der Waals surface area contributed by atoms with Crippen LogP contribution < -0.4 is 9.64 Å². The Morgan fingerprint density at radius 2 is 1.69 bits per heavy atom. The van der Waals surface area contributed by atoms with Crippen LogP contribution in [0.25, 0.3) is 0 Å². The number of anilines is 1. The van der Waals surface area contributed by atoms with Crippen LogP contribution >= 0.6 is 40.1 Å². The van der Waals surface area contributed by atoms with E-state index >= 15 is 0 Å². The van der Waals surface area contributed by atoms with E-state index in [0.717, 1.165) is 11.8 Å². The van der Waals surface area contributed by atoms with Crippen LogP contribution in [0, 0.1) is 0 Å². The third-order valence-electron chi connectivity index (χ3n) is 5.63. The van der Waals surface area contributed by atoms with Gasteiger partial charge in [-0.3, -0.25) is 0 Å². The van der Waals surface area contributed by atoms with Crippen LogP contribution in [0.3, 0.4) is 0 Å². The summed E-state index contributed by atoms with van der Waals surface area (Å²) >= 11 is 8.09. The zero-order valence-corrected chi connectivity index (χ0v) is 22.3. The van der Waals surface area contributed by atoms with Crippen molar-refractivity contribution in [3.8, 4) is 11.5 Å². The largest absolute Gasteiger partial charge is 0.457 e. The van der Waals surface area contributed by atoms with E-state index in [1.807, 2.05) is 34.1 Å². The molecule has 0 bridgehead atoms. The molecule has 0 aromatic heterocycles. The molecule has 1 aliphatic heterocycles. The molecule has 0 aliphatic carbocycles. The molecule has 3 aromatic rings. The van der Waals surface area contributed by atoms with E-state index in [4.69, 9.17) is 20.9 Å². The number of halogens is 5. The van der Waals surface area contributed by atoms with Gasteiger partial charge in [0.2, 0.25) is 0 Å². The van der Waals surface area contributed by atoms with Crippen molar-refractivity contribution >= 4 is 45.8 Å². The van der Waals surface area contributed by atoms with Crippen molar-refractivity contribution in [3.63, 3.8) is 0 Å². The highest BCUT2D eigenvalue weighted by molar-refractivity contribution is 14.2. The second-order valence-electron chi connectivity index (χ2n) is 7.85. The Kier molecular flexibility index (Phi) is 8.47. The Labute approximate surface area is 222 Å². The highest BCUT2D eigenvalue weighted by Crippen LogP contribution is 2.41. The number of rotatable bonds is 8. The Balaban J connectivity index is 1.61. The Morgan fingerprint density at radius 3 is 2.31 bits per heavy atom. The van der Waals surface area contributed by atoms with Gasteiger partial charge in [-0.2, -0.15) is 13.2 Å². The molecule has 1 saturated heterocycles. The van der Waals surface area contributed by atoms with Crippen molar-refractivity contribution < 1.29 is 22.4 Å². The van der Waals surface area contributed by atoms with Crippen molar-refractivity contribution in [2.45, 2.75) is 12.2 Å². The lowest BCUT2D eigenvalue weighted by Crippen LogP contribution is -2.25.